The highest BCUT2D eigenvalue weighted by Gasteiger charge is 2.05. The van der Waals surface area contributed by atoms with Gasteiger partial charge < -0.3 is 0 Å². The van der Waals surface area contributed by atoms with Crippen molar-refractivity contribution in [3.05, 3.63) is 41.3 Å². The Morgan fingerprint density at radius 1 is 1.18 bits per heavy atom. The zero-order valence-corrected chi connectivity index (χ0v) is 10.1. The fraction of sp³-hybridized carbons (Fsp3) is 0.154. The Bertz CT molecular complexity index is 709. The SMILES string of the molecule is CCc1cccc2cc3cnc(Cl)nc3nc12. The van der Waals surface area contributed by atoms with E-state index >= 15 is 0 Å². The molecule has 2 heterocycles. The van der Waals surface area contributed by atoms with Gasteiger partial charge in [-0.05, 0) is 29.7 Å². The van der Waals surface area contributed by atoms with E-state index in [-0.39, 0.29) is 5.28 Å². The number of halogens is 1. The smallest absolute Gasteiger partial charge is 0.224 e. The van der Waals surface area contributed by atoms with Gasteiger partial charge in [-0.1, -0.05) is 25.1 Å². The van der Waals surface area contributed by atoms with E-state index in [2.05, 4.69) is 34.0 Å². The van der Waals surface area contributed by atoms with Gasteiger partial charge in [0.2, 0.25) is 5.28 Å². The van der Waals surface area contributed by atoms with Gasteiger partial charge in [0, 0.05) is 17.0 Å². The quantitative estimate of drug-likeness (QED) is 0.486. The van der Waals surface area contributed by atoms with Crippen LogP contribution in [0.4, 0.5) is 0 Å². The molecule has 84 valence electrons. The highest BCUT2D eigenvalue weighted by molar-refractivity contribution is 6.28. The van der Waals surface area contributed by atoms with Crippen molar-refractivity contribution in [2.45, 2.75) is 13.3 Å². The second kappa shape index (κ2) is 3.93. The average molecular weight is 244 g/mol. The molecule has 0 saturated heterocycles. The summed E-state index contributed by atoms with van der Waals surface area (Å²) >= 11 is 5.78. The van der Waals surface area contributed by atoms with Crippen molar-refractivity contribution in [3.8, 4) is 0 Å². The van der Waals surface area contributed by atoms with Crippen LogP contribution in [-0.4, -0.2) is 15.0 Å². The normalized spacial score (nSPS) is 11.2. The topological polar surface area (TPSA) is 38.7 Å². The van der Waals surface area contributed by atoms with Crippen LogP contribution in [0.2, 0.25) is 5.28 Å². The molecule has 0 atom stereocenters. The van der Waals surface area contributed by atoms with Crippen LogP contribution in [0.1, 0.15) is 12.5 Å². The van der Waals surface area contributed by atoms with Crippen LogP contribution in [-0.2, 0) is 6.42 Å². The molecule has 0 N–H and O–H groups in total. The molecule has 0 amide bonds. The fourth-order valence-electron chi connectivity index (χ4n) is 1.98. The van der Waals surface area contributed by atoms with Gasteiger partial charge in [0.1, 0.15) is 0 Å². The van der Waals surface area contributed by atoms with Gasteiger partial charge in [-0.3, -0.25) is 0 Å². The van der Waals surface area contributed by atoms with Crippen molar-refractivity contribution < 1.29 is 0 Å². The van der Waals surface area contributed by atoms with E-state index in [9.17, 15) is 0 Å². The second-order valence-corrected chi connectivity index (χ2v) is 4.22. The lowest BCUT2D eigenvalue weighted by atomic mass is 10.1. The molecule has 2 aromatic heterocycles. The predicted octanol–water partition coefficient (Wildman–Crippen LogP) is 3.39. The summed E-state index contributed by atoms with van der Waals surface area (Å²) in [6, 6.07) is 8.23. The molecule has 3 nitrogen and oxygen atoms in total. The summed E-state index contributed by atoms with van der Waals surface area (Å²) in [7, 11) is 0. The summed E-state index contributed by atoms with van der Waals surface area (Å²) in [5, 5.41) is 2.26. The first-order valence-corrected chi connectivity index (χ1v) is 5.86. The molecule has 0 saturated carbocycles. The lowest BCUT2D eigenvalue weighted by molar-refractivity contribution is 1.14. The molecule has 0 radical (unpaired) electrons. The number of benzene rings is 1. The third kappa shape index (κ3) is 1.72. The first-order chi connectivity index (χ1) is 8.28. The molecule has 0 spiro atoms. The highest BCUT2D eigenvalue weighted by Crippen LogP contribution is 2.21. The maximum Gasteiger partial charge on any atom is 0.224 e. The van der Waals surface area contributed by atoms with Crippen LogP contribution in [0.5, 0.6) is 0 Å². The summed E-state index contributed by atoms with van der Waals surface area (Å²) in [5.74, 6) is 0. The van der Waals surface area contributed by atoms with Crippen molar-refractivity contribution in [3.63, 3.8) is 0 Å². The monoisotopic (exact) mass is 243 g/mol. The van der Waals surface area contributed by atoms with E-state index < -0.39 is 0 Å². The van der Waals surface area contributed by atoms with Crippen LogP contribution in [0.3, 0.4) is 0 Å². The summed E-state index contributed by atoms with van der Waals surface area (Å²) in [5.41, 5.74) is 2.87. The Morgan fingerprint density at radius 3 is 2.88 bits per heavy atom. The van der Waals surface area contributed by atoms with E-state index in [1.165, 1.54) is 5.56 Å². The predicted molar refractivity (Wildman–Crippen MR) is 69.2 cm³/mol. The summed E-state index contributed by atoms with van der Waals surface area (Å²) < 4.78 is 0. The minimum atomic E-state index is 0.235. The Hall–Kier alpha value is -1.74. The molecule has 0 bridgehead atoms. The van der Waals surface area contributed by atoms with Crippen molar-refractivity contribution in [1.82, 2.24) is 15.0 Å². The van der Waals surface area contributed by atoms with Crippen LogP contribution in [0.15, 0.2) is 30.5 Å². The molecule has 0 fully saturated rings. The molecule has 17 heavy (non-hydrogen) atoms. The molecule has 0 aliphatic carbocycles. The fourth-order valence-corrected chi connectivity index (χ4v) is 2.10. The van der Waals surface area contributed by atoms with Gasteiger partial charge in [-0.25, -0.2) is 9.97 Å². The van der Waals surface area contributed by atoms with Crippen LogP contribution < -0.4 is 0 Å². The van der Waals surface area contributed by atoms with E-state index in [1.54, 1.807) is 6.20 Å². The minimum absolute atomic E-state index is 0.235. The molecular formula is C13H10ClN3. The van der Waals surface area contributed by atoms with E-state index in [1.807, 2.05) is 12.1 Å². The van der Waals surface area contributed by atoms with Crippen LogP contribution in [0, 0.1) is 0 Å². The maximum absolute atomic E-state index is 5.78. The molecule has 1 aromatic carbocycles. The number of hydrogen-bond donors (Lipinski definition) is 0. The van der Waals surface area contributed by atoms with Gasteiger partial charge in [0.05, 0.1) is 5.52 Å². The Labute approximate surface area is 103 Å². The number of rotatable bonds is 1. The first-order valence-electron chi connectivity index (χ1n) is 5.49. The lowest BCUT2D eigenvalue weighted by Gasteiger charge is -2.04. The number of fused-ring (bicyclic) bond motifs is 2. The molecule has 4 heteroatoms. The Morgan fingerprint density at radius 2 is 2.06 bits per heavy atom. The molecule has 0 aliphatic heterocycles. The van der Waals surface area contributed by atoms with Crippen molar-refractivity contribution >= 4 is 33.5 Å². The summed E-state index contributed by atoms with van der Waals surface area (Å²) in [6.45, 7) is 2.12. The van der Waals surface area contributed by atoms with Crippen molar-refractivity contribution in [2.75, 3.05) is 0 Å². The number of aromatic nitrogens is 3. The first kappa shape index (κ1) is 10.4. The lowest BCUT2D eigenvalue weighted by Crippen LogP contribution is -1.92. The Kier molecular flexibility index (Phi) is 2.41. The highest BCUT2D eigenvalue weighted by atomic mass is 35.5. The van der Waals surface area contributed by atoms with E-state index in [0.717, 1.165) is 22.7 Å². The zero-order valence-electron chi connectivity index (χ0n) is 9.31. The van der Waals surface area contributed by atoms with E-state index in [4.69, 9.17) is 11.6 Å². The van der Waals surface area contributed by atoms with E-state index in [0.29, 0.717) is 5.65 Å². The number of pyridine rings is 1. The summed E-state index contributed by atoms with van der Waals surface area (Å²) in [6.07, 6.45) is 2.66. The number of aryl methyl sites for hydroxylation is 1. The molecule has 3 rings (SSSR count). The minimum Gasteiger partial charge on any atom is -0.228 e. The number of para-hydroxylation sites is 1. The number of hydrogen-bond acceptors (Lipinski definition) is 3. The Balaban J connectivity index is 2.44. The van der Waals surface area contributed by atoms with Gasteiger partial charge in [-0.2, -0.15) is 4.98 Å². The molecule has 0 unspecified atom stereocenters. The molecule has 3 aromatic rings. The summed E-state index contributed by atoms with van der Waals surface area (Å²) in [4.78, 5) is 12.7. The number of nitrogens with zero attached hydrogens (tertiary/aromatic N) is 3. The van der Waals surface area contributed by atoms with Crippen molar-refractivity contribution in [2.24, 2.45) is 0 Å². The largest absolute Gasteiger partial charge is 0.228 e. The zero-order chi connectivity index (χ0) is 11.8. The van der Waals surface area contributed by atoms with Gasteiger partial charge >= 0.3 is 0 Å². The average Bonchev–Trinajstić information content (AvgIpc) is 2.35. The van der Waals surface area contributed by atoms with Gasteiger partial charge in [0.15, 0.2) is 5.65 Å². The third-order valence-corrected chi connectivity index (χ3v) is 3.01. The maximum atomic E-state index is 5.78. The molecular weight excluding hydrogens is 234 g/mol. The van der Waals surface area contributed by atoms with Crippen LogP contribution >= 0.6 is 11.6 Å². The van der Waals surface area contributed by atoms with Gasteiger partial charge in [-0.15, -0.1) is 0 Å². The standard InChI is InChI=1S/C13H10ClN3/c1-2-8-4-3-5-9-6-10-7-15-13(14)17-12(10)16-11(8)9/h3-7H,2H2,1H3. The van der Waals surface area contributed by atoms with Gasteiger partial charge in [0.25, 0.3) is 0 Å². The molecule has 0 aliphatic rings. The van der Waals surface area contributed by atoms with Crippen LogP contribution in [0.25, 0.3) is 21.9 Å². The third-order valence-electron chi connectivity index (χ3n) is 2.83. The van der Waals surface area contributed by atoms with Crippen molar-refractivity contribution in [1.29, 1.82) is 0 Å². The second-order valence-electron chi connectivity index (χ2n) is 3.88.